The van der Waals surface area contributed by atoms with Crippen molar-refractivity contribution in [3.63, 3.8) is 0 Å². The number of unbranched alkanes of at least 4 members (excludes halogenated alkanes) is 3. The van der Waals surface area contributed by atoms with Crippen LogP contribution >= 0.6 is 23.2 Å². The van der Waals surface area contributed by atoms with Gasteiger partial charge < -0.3 is 10.0 Å². The largest absolute Gasteiger partial charge is 0.396 e. The molecule has 2 heterocycles. The maximum atomic E-state index is 13.3. The third-order valence-electron chi connectivity index (χ3n) is 5.67. The second-order valence-corrected chi connectivity index (χ2v) is 8.65. The van der Waals surface area contributed by atoms with Crippen molar-refractivity contribution in [1.82, 2.24) is 9.80 Å². The fraction of sp³-hybridized carbons (Fsp3) is 0.545. The molecule has 158 valence electrons. The molecule has 1 aromatic carbocycles. The Morgan fingerprint density at radius 1 is 1.14 bits per heavy atom. The minimum Gasteiger partial charge on any atom is -0.396 e. The van der Waals surface area contributed by atoms with E-state index < -0.39 is 0 Å². The number of amides is 2. The number of imide groups is 1. The molecular weight excluding hydrogens is 411 g/mol. The van der Waals surface area contributed by atoms with E-state index in [0.717, 1.165) is 38.5 Å². The number of hydrogen-bond donors (Lipinski definition) is 1. The van der Waals surface area contributed by atoms with Crippen molar-refractivity contribution in [2.24, 2.45) is 5.92 Å². The normalized spacial score (nSPS) is 20.2. The lowest BCUT2D eigenvalue weighted by molar-refractivity contribution is -0.137. The average Bonchev–Trinajstić information content (AvgIpc) is 2.95. The van der Waals surface area contributed by atoms with Gasteiger partial charge in [-0.05, 0) is 37.3 Å². The summed E-state index contributed by atoms with van der Waals surface area (Å²) < 4.78 is 0. The van der Waals surface area contributed by atoms with E-state index in [0.29, 0.717) is 46.5 Å². The van der Waals surface area contributed by atoms with Gasteiger partial charge in [0.25, 0.3) is 11.8 Å². The van der Waals surface area contributed by atoms with E-state index in [2.05, 4.69) is 6.92 Å². The Bertz CT molecular complexity index is 809. The summed E-state index contributed by atoms with van der Waals surface area (Å²) in [6, 6.07) is 4.98. The minimum absolute atomic E-state index is 0.0731. The van der Waals surface area contributed by atoms with Gasteiger partial charge in [0.2, 0.25) is 0 Å². The van der Waals surface area contributed by atoms with Crippen LogP contribution in [0.15, 0.2) is 23.9 Å². The molecule has 29 heavy (non-hydrogen) atoms. The van der Waals surface area contributed by atoms with Crippen LogP contribution in [0.4, 0.5) is 0 Å². The van der Waals surface area contributed by atoms with Crippen molar-refractivity contribution in [2.75, 3.05) is 26.2 Å². The first kappa shape index (κ1) is 22.1. The topological polar surface area (TPSA) is 60.9 Å². The molecule has 1 N–H and O–H groups in total. The van der Waals surface area contributed by atoms with Crippen LogP contribution in [-0.4, -0.2) is 53.0 Å². The monoisotopic (exact) mass is 438 g/mol. The molecule has 5 nitrogen and oxygen atoms in total. The van der Waals surface area contributed by atoms with Gasteiger partial charge in [0, 0.05) is 36.8 Å². The SMILES string of the molecule is CCCCCCN1C(=O)C(c2ccc(Cl)cc2Cl)=C(N2CCCC(CO)C2)C1=O. The van der Waals surface area contributed by atoms with Gasteiger partial charge in [-0.3, -0.25) is 14.5 Å². The number of carbonyl (C=O) groups excluding carboxylic acids is 2. The third kappa shape index (κ3) is 4.79. The molecule has 2 amide bonds. The van der Waals surface area contributed by atoms with E-state index in [4.69, 9.17) is 23.2 Å². The smallest absolute Gasteiger partial charge is 0.277 e. The summed E-state index contributed by atoms with van der Waals surface area (Å²) in [5, 5.41) is 10.4. The number of aliphatic hydroxyl groups is 1. The van der Waals surface area contributed by atoms with Crippen molar-refractivity contribution in [3.8, 4) is 0 Å². The zero-order valence-electron chi connectivity index (χ0n) is 16.8. The second kappa shape index (κ2) is 9.96. The molecule has 0 spiro atoms. The molecule has 1 saturated heterocycles. The van der Waals surface area contributed by atoms with Crippen molar-refractivity contribution >= 4 is 40.6 Å². The lowest BCUT2D eigenvalue weighted by Crippen LogP contribution is -2.40. The maximum absolute atomic E-state index is 13.3. The molecule has 2 aliphatic rings. The van der Waals surface area contributed by atoms with E-state index in [-0.39, 0.29) is 24.3 Å². The number of carbonyl (C=O) groups is 2. The predicted molar refractivity (Wildman–Crippen MR) is 116 cm³/mol. The van der Waals surface area contributed by atoms with Gasteiger partial charge in [0.05, 0.1) is 10.6 Å². The standard InChI is InChI=1S/C22H28Cl2N2O3/c1-2-3-4-5-11-26-21(28)19(17-9-8-16(23)12-18(17)24)20(22(26)29)25-10-6-7-15(13-25)14-27/h8-9,12,15,27H,2-7,10-11,13-14H2,1H3. The Labute approximate surface area is 182 Å². The van der Waals surface area contributed by atoms with Crippen LogP contribution in [0.5, 0.6) is 0 Å². The average molecular weight is 439 g/mol. The number of aliphatic hydroxyl groups excluding tert-OH is 1. The summed E-state index contributed by atoms with van der Waals surface area (Å²) in [5.41, 5.74) is 1.30. The van der Waals surface area contributed by atoms with Crippen LogP contribution in [0.2, 0.25) is 10.0 Å². The van der Waals surface area contributed by atoms with Crippen LogP contribution in [0.1, 0.15) is 51.0 Å². The highest BCUT2D eigenvalue weighted by Gasteiger charge is 2.42. The summed E-state index contributed by atoms with van der Waals surface area (Å²) in [5.74, 6) is -0.456. The summed E-state index contributed by atoms with van der Waals surface area (Å²) in [4.78, 5) is 29.9. The summed E-state index contributed by atoms with van der Waals surface area (Å²) in [6.45, 7) is 3.85. The predicted octanol–water partition coefficient (Wildman–Crippen LogP) is 4.36. The zero-order chi connectivity index (χ0) is 21.0. The Kier molecular flexibility index (Phi) is 7.60. The lowest BCUT2D eigenvalue weighted by atomic mass is 9.97. The van der Waals surface area contributed by atoms with Gasteiger partial charge >= 0.3 is 0 Å². The van der Waals surface area contributed by atoms with Crippen molar-refractivity contribution in [3.05, 3.63) is 39.5 Å². The van der Waals surface area contributed by atoms with Crippen LogP contribution in [-0.2, 0) is 9.59 Å². The molecule has 1 aromatic rings. The van der Waals surface area contributed by atoms with Crippen molar-refractivity contribution in [2.45, 2.75) is 45.4 Å². The highest BCUT2D eigenvalue weighted by Crippen LogP contribution is 2.37. The van der Waals surface area contributed by atoms with E-state index in [9.17, 15) is 14.7 Å². The van der Waals surface area contributed by atoms with Crippen molar-refractivity contribution < 1.29 is 14.7 Å². The van der Waals surface area contributed by atoms with E-state index >= 15 is 0 Å². The highest BCUT2D eigenvalue weighted by molar-refractivity contribution is 6.41. The number of nitrogens with zero attached hydrogens (tertiary/aromatic N) is 2. The lowest BCUT2D eigenvalue weighted by Gasteiger charge is -2.34. The molecule has 0 bridgehead atoms. The van der Waals surface area contributed by atoms with E-state index in [1.807, 2.05) is 4.90 Å². The fourth-order valence-electron chi connectivity index (χ4n) is 4.11. The Morgan fingerprint density at radius 2 is 1.93 bits per heavy atom. The first-order valence-electron chi connectivity index (χ1n) is 10.4. The molecular formula is C22H28Cl2N2O3. The molecule has 0 radical (unpaired) electrons. The molecule has 2 aliphatic heterocycles. The Balaban J connectivity index is 1.97. The number of hydrogen-bond acceptors (Lipinski definition) is 4. The molecule has 1 atom stereocenters. The van der Waals surface area contributed by atoms with Crippen LogP contribution in [0, 0.1) is 5.92 Å². The third-order valence-corrected chi connectivity index (χ3v) is 6.22. The number of piperidine rings is 1. The molecule has 0 aliphatic carbocycles. The molecule has 1 fully saturated rings. The second-order valence-electron chi connectivity index (χ2n) is 7.81. The molecule has 1 unspecified atom stereocenters. The first-order valence-corrected chi connectivity index (χ1v) is 11.1. The minimum atomic E-state index is -0.295. The summed E-state index contributed by atoms with van der Waals surface area (Å²) in [6.07, 6.45) is 5.73. The highest BCUT2D eigenvalue weighted by atomic mass is 35.5. The van der Waals surface area contributed by atoms with Gasteiger partial charge in [-0.2, -0.15) is 0 Å². The number of likely N-dealkylation sites (tertiary alicyclic amines) is 1. The fourth-order valence-corrected chi connectivity index (χ4v) is 4.61. The van der Waals surface area contributed by atoms with Gasteiger partial charge in [0.1, 0.15) is 5.70 Å². The summed E-state index contributed by atoms with van der Waals surface area (Å²) in [7, 11) is 0. The van der Waals surface area contributed by atoms with Gasteiger partial charge in [0.15, 0.2) is 0 Å². The van der Waals surface area contributed by atoms with Crippen LogP contribution in [0.25, 0.3) is 5.57 Å². The van der Waals surface area contributed by atoms with Gasteiger partial charge in [-0.1, -0.05) is 55.5 Å². The molecule has 0 aromatic heterocycles. The maximum Gasteiger partial charge on any atom is 0.277 e. The zero-order valence-corrected chi connectivity index (χ0v) is 18.3. The molecule has 3 rings (SSSR count). The number of benzene rings is 1. The van der Waals surface area contributed by atoms with Crippen LogP contribution in [0.3, 0.4) is 0 Å². The van der Waals surface area contributed by atoms with E-state index in [1.165, 1.54) is 4.90 Å². The van der Waals surface area contributed by atoms with E-state index in [1.54, 1.807) is 18.2 Å². The summed E-state index contributed by atoms with van der Waals surface area (Å²) >= 11 is 12.5. The Hall–Kier alpha value is -1.56. The molecule has 7 heteroatoms. The van der Waals surface area contributed by atoms with Crippen LogP contribution < -0.4 is 0 Å². The van der Waals surface area contributed by atoms with Gasteiger partial charge in [-0.25, -0.2) is 0 Å². The first-order chi connectivity index (χ1) is 14.0. The quantitative estimate of drug-likeness (QED) is 0.483. The van der Waals surface area contributed by atoms with Gasteiger partial charge in [-0.15, -0.1) is 0 Å². The van der Waals surface area contributed by atoms with Crippen molar-refractivity contribution in [1.29, 1.82) is 0 Å². The Morgan fingerprint density at radius 3 is 2.62 bits per heavy atom. The molecule has 0 saturated carbocycles. The number of halogens is 2. The number of rotatable bonds is 8.